The Hall–Kier alpha value is 0.307. The summed E-state index contributed by atoms with van der Waals surface area (Å²) >= 11 is 5.63. The molecule has 0 spiro atoms. The summed E-state index contributed by atoms with van der Waals surface area (Å²) in [4.78, 5) is 0. The zero-order chi connectivity index (χ0) is 20.4. The Bertz CT molecular complexity index is 324. The average molecular weight is 427 g/mol. The molecule has 0 amide bonds. The molecule has 0 saturated heterocycles. The van der Waals surface area contributed by atoms with Gasteiger partial charge in [0.2, 0.25) is 0 Å². The highest BCUT2D eigenvalue weighted by Crippen LogP contribution is 2.36. The van der Waals surface area contributed by atoms with Crippen LogP contribution < -0.4 is 0 Å². The summed E-state index contributed by atoms with van der Waals surface area (Å²) in [5.41, 5.74) is 0. The standard InChI is InChI=1S/C20H43ClO5Si/c1-20(2,3)27(4,5)26-19-18-25-17-16-24-15-14-23-13-12-22-11-9-7-6-8-10-21/h6-19H2,1-5H3. The molecule has 0 aromatic rings. The smallest absolute Gasteiger partial charge is 0.192 e. The maximum atomic E-state index is 6.05. The lowest BCUT2D eigenvalue weighted by molar-refractivity contribution is -0.00530. The highest BCUT2D eigenvalue weighted by molar-refractivity contribution is 6.74. The first-order valence-electron chi connectivity index (χ1n) is 10.3. The number of hydrogen-bond acceptors (Lipinski definition) is 5. The summed E-state index contributed by atoms with van der Waals surface area (Å²) in [6.07, 6.45) is 4.57. The van der Waals surface area contributed by atoms with Crippen molar-refractivity contribution in [3.8, 4) is 0 Å². The third kappa shape index (κ3) is 16.9. The van der Waals surface area contributed by atoms with Crippen molar-refractivity contribution in [3.63, 3.8) is 0 Å². The largest absolute Gasteiger partial charge is 0.414 e. The third-order valence-electron chi connectivity index (χ3n) is 4.79. The second-order valence-corrected chi connectivity index (χ2v) is 13.3. The summed E-state index contributed by atoms with van der Waals surface area (Å²) in [6, 6.07) is 0. The van der Waals surface area contributed by atoms with Crippen LogP contribution in [0.4, 0.5) is 0 Å². The minimum Gasteiger partial charge on any atom is -0.414 e. The quantitative estimate of drug-likeness (QED) is 0.167. The topological polar surface area (TPSA) is 46.2 Å². The van der Waals surface area contributed by atoms with Gasteiger partial charge < -0.3 is 23.4 Å². The maximum Gasteiger partial charge on any atom is 0.192 e. The van der Waals surface area contributed by atoms with Gasteiger partial charge >= 0.3 is 0 Å². The van der Waals surface area contributed by atoms with Crippen LogP contribution in [0.3, 0.4) is 0 Å². The number of alkyl halides is 1. The van der Waals surface area contributed by atoms with Gasteiger partial charge in [0.15, 0.2) is 8.32 Å². The van der Waals surface area contributed by atoms with Crippen molar-refractivity contribution in [2.75, 3.05) is 65.3 Å². The van der Waals surface area contributed by atoms with E-state index in [2.05, 4.69) is 33.9 Å². The second kappa shape index (κ2) is 17.2. The van der Waals surface area contributed by atoms with E-state index in [1.54, 1.807) is 0 Å². The minimum atomic E-state index is -1.66. The fourth-order valence-corrected chi connectivity index (χ4v) is 3.20. The predicted octanol–water partition coefficient (Wildman–Crippen LogP) is 4.87. The molecule has 0 fully saturated rings. The van der Waals surface area contributed by atoms with Crippen molar-refractivity contribution >= 4 is 19.9 Å². The molecule has 27 heavy (non-hydrogen) atoms. The van der Waals surface area contributed by atoms with Crippen molar-refractivity contribution in [1.82, 2.24) is 0 Å². The van der Waals surface area contributed by atoms with E-state index < -0.39 is 8.32 Å². The zero-order valence-corrected chi connectivity index (χ0v) is 20.1. The van der Waals surface area contributed by atoms with Crippen LogP contribution in [-0.2, 0) is 23.4 Å². The van der Waals surface area contributed by atoms with Crippen molar-refractivity contribution in [1.29, 1.82) is 0 Å². The SMILES string of the molecule is CC(C)(C)[Si](C)(C)OCCOCCOCCOCCOCCCCCCCl. The van der Waals surface area contributed by atoms with Crippen LogP contribution in [0.5, 0.6) is 0 Å². The van der Waals surface area contributed by atoms with Gasteiger partial charge in [0.05, 0.1) is 52.9 Å². The van der Waals surface area contributed by atoms with Crippen LogP contribution in [-0.4, -0.2) is 73.7 Å². The summed E-state index contributed by atoms with van der Waals surface area (Å²) in [6.45, 7) is 16.9. The van der Waals surface area contributed by atoms with Gasteiger partial charge in [0.25, 0.3) is 0 Å². The molecule has 0 rings (SSSR count). The van der Waals surface area contributed by atoms with Crippen molar-refractivity contribution in [3.05, 3.63) is 0 Å². The Morgan fingerprint density at radius 2 is 1.00 bits per heavy atom. The number of unbranched alkanes of at least 4 members (excludes halogenated alkanes) is 3. The molecule has 0 heterocycles. The molecule has 0 aliphatic heterocycles. The van der Waals surface area contributed by atoms with Gasteiger partial charge in [0.1, 0.15) is 0 Å². The maximum absolute atomic E-state index is 6.05. The fraction of sp³-hybridized carbons (Fsp3) is 1.00. The van der Waals surface area contributed by atoms with E-state index in [0.717, 1.165) is 25.3 Å². The lowest BCUT2D eigenvalue weighted by atomic mass is 10.2. The molecule has 0 aromatic carbocycles. The van der Waals surface area contributed by atoms with Crippen molar-refractivity contribution < 1.29 is 23.4 Å². The Balaban J connectivity index is 3.19. The normalized spacial score (nSPS) is 12.7. The van der Waals surface area contributed by atoms with E-state index in [4.69, 9.17) is 35.0 Å². The molecule has 0 aliphatic carbocycles. The lowest BCUT2D eigenvalue weighted by Gasteiger charge is -2.36. The first-order chi connectivity index (χ1) is 12.8. The molecule has 0 atom stereocenters. The zero-order valence-electron chi connectivity index (χ0n) is 18.3. The van der Waals surface area contributed by atoms with Crippen LogP contribution in [0.2, 0.25) is 18.1 Å². The molecule has 0 aromatic heterocycles. The molecule has 0 N–H and O–H groups in total. The second-order valence-electron chi connectivity index (χ2n) is 8.16. The van der Waals surface area contributed by atoms with Crippen LogP contribution in [0.1, 0.15) is 46.5 Å². The molecule has 0 unspecified atom stereocenters. The molecule has 164 valence electrons. The van der Waals surface area contributed by atoms with Gasteiger partial charge in [-0.25, -0.2) is 0 Å². The molecule has 0 bridgehead atoms. The van der Waals surface area contributed by atoms with E-state index in [0.29, 0.717) is 52.9 Å². The molecule has 0 radical (unpaired) electrons. The van der Waals surface area contributed by atoms with E-state index >= 15 is 0 Å². The minimum absolute atomic E-state index is 0.241. The Kier molecular flexibility index (Phi) is 17.4. The summed E-state index contributed by atoms with van der Waals surface area (Å²) < 4.78 is 28.1. The lowest BCUT2D eigenvalue weighted by Crippen LogP contribution is -2.41. The van der Waals surface area contributed by atoms with Crippen molar-refractivity contribution in [2.45, 2.75) is 64.6 Å². The Morgan fingerprint density at radius 1 is 0.593 bits per heavy atom. The molecule has 7 heteroatoms. The van der Waals surface area contributed by atoms with Crippen molar-refractivity contribution in [2.24, 2.45) is 0 Å². The van der Waals surface area contributed by atoms with Crippen LogP contribution in [0.15, 0.2) is 0 Å². The summed E-state index contributed by atoms with van der Waals surface area (Å²) in [5, 5.41) is 0.241. The fourth-order valence-electron chi connectivity index (χ4n) is 1.99. The van der Waals surface area contributed by atoms with Gasteiger partial charge in [-0.15, -0.1) is 11.6 Å². The monoisotopic (exact) mass is 426 g/mol. The number of rotatable bonds is 19. The Morgan fingerprint density at radius 3 is 1.44 bits per heavy atom. The van der Waals surface area contributed by atoms with Gasteiger partial charge in [-0.3, -0.25) is 0 Å². The summed E-state index contributed by atoms with van der Waals surface area (Å²) in [7, 11) is -1.66. The molecule has 0 aliphatic rings. The first kappa shape index (κ1) is 27.3. The van der Waals surface area contributed by atoms with E-state index in [1.165, 1.54) is 12.8 Å². The number of hydrogen-bond donors (Lipinski definition) is 0. The number of ether oxygens (including phenoxy) is 4. The molecular weight excluding hydrogens is 384 g/mol. The van der Waals surface area contributed by atoms with Gasteiger partial charge in [-0.2, -0.15) is 0 Å². The molecule has 5 nitrogen and oxygen atoms in total. The predicted molar refractivity (Wildman–Crippen MR) is 116 cm³/mol. The third-order valence-corrected chi connectivity index (χ3v) is 9.59. The van der Waals surface area contributed by atoms with Gasteiger partial charge in [-0.05, 0) is 31.0 Å². The molecule has 0 saturated carbocycles. The Labute approximate surface area is 173 Å². The van der Waals surface area contributed by atoms with E-state index in [1.807, 2.05) is 0 Å². The molecular formula is C20H43ClO5Si. The van der Waals surface area contributed by atoms with Crippen LogP contribution in [0.25, 0.3) is 0 Å². The van der Waals surface area contributed by atoms with Gasteiger partial charge in [0, 0.05) is 12.5 Å². The highest BCUT2D eigenvalue weighted by Gasteiger charge is 2.36. The summed E-state index contributed by atoms with van der Waals surface area (Å²) in [5.74, 6) is 0.758. The van der Waals surface area contributed by atoms with Crippen LogP contribution >= 0.6 is 11.6 Å². The van der Waals surface area contributed by atoms with Gasteiger partial charge in [-0.1, -0.05) is 33.6 Å². The van der Waals surface area contributed by atoms with Crippen LogP contribution in [0, 0.1) is 0 Å². The first-order valence-corrected chi connectivity index (χ1v) is 13.8. The number of halogens is 1. The van der Waals surface area contributed by atoms with E-state index in [-0.39, 0.29) is 5.04 Å². The average Bonchev–Trinajstić information content (AvgIpc) is 2.59. The highest BCUT2D eigenvalue weighted by atomic mass is 35.5. The van der Waals surface area contributed by atoms with E-state index in [9.17, 15) is 0 Å².